The Hall–Kier alpha value is -3.09. The van der Waals surface area contributed by atoms with Crippen LogP contribution in [0.5, 0.6) is 0 Å². The summed E-state index contributed by atoms with van der Waals surface area (Å²) in [5.41, 5.74) is 1.37. The Morgan fingerprint density at radius 2 is 1.96 bits per heavy atom. The molecule has 0 saturated carbocycles. The third-order valence-corrected chi connectivity index (χ3v) is 3.24. The summed E-state index contributed by atoms with van der Waals surface area (Å²) < 4.78 is 20.6. The molecule has 0 spiro atoms. The molecular formula is C17H15NO6. The number of oxazole rings is 1. The second-order valence-electron chi connectivity index (χ2n) is 5.54. The first-order valence-corrected chi connectivity index (χ1v) is 7.16. The molecule has 1 aromatic heterocycles. The van der Waals surface area contributed by atoms with E-state index >= 15 is 0 Å². The van der Waals surface area contributed by atoms with E-state index in [0.29, 0.717) is 16.9 Å². The van der Waals surface area contributed by atoms with E-state index in [9.17, 15) is 9.59 Å². The number of benzene rings is 1. The van der Waals surface area contributed by atoms with Crippen molar-refractivity contribution in [3.05, 3.63) is 47.9 Å². The first-order chi connectivity index (χ1) is 11.4. The fourth-order valence-corrected chi connectivity index (χ4v) is 2.25. The highest BCUT2D eigenvalue weighted by Gasteiger charge is 2.30. The van der Waals surface area contributed by atoms with Crippen LogP contribution in [0.25, 0.3) is 17.2 Å². The lowest BCUT2D eigenvalue weighted by atomic mass is 10.1. The second-order valence-corrected chi connectivity index (χ2v) is 5.54. The van der Waals surface area contributed by atoms with Crippen molar-refractivity contribution in [3.8, 4) is 11.5 Å². The maximum atomic E-state index is 11.7. The standard InChI is InChI=1S/C17H15NO6/c1-17(2)23-13(8-14(19)24-17)10-5-4-6-11(7-10)15-18-12(9-22-15)16(20)21-3/h4-9H,1-3H3. The summed E-state index contributed by atoms with van der Waals surface area (Å²) in [6, 6.07) is 7.06. The number of ether oxygens (including phenoxy) is 3. The lowest BCUT2D eigenvalue weighted by molar-refractivity contribution is -0.193. The van der Waals surface area contributed by atoms with Gasteiger partial charge in [-0.25, -0.2) is 14.6 Å². The van der Waals surface area contributed by atoms with Crippen molar-refractivity contribution in [2.45, 2.75) is 19.6 Å². The van der Waals surface area contributed by atoms with Crippen LogP contribution in [0.15, 0.2) is 41.0 Å². The molecule has 7 nitrogen and oxygen atoms in total. The Balaban J connectivity index is 1.94. The zero-order valence-electron chi connectivity index (χ0n) is 13.4. The Morgan fingerprint density at radius 1 is 1.21 bits per heavy atom. The number of carbonyl (C=O) groups excluding carboxylic acids is 2. The fraction of sp³-hybridized carbons (Fsp3) is 0.235. The van der Waals surface area contributed by atoms with Gasteiger partial charge in [0.25, 0.3) is 0 Å². The maximum absolute atomic E-state index is 11.7. The number of esters is 2. The van der Waals surface area contributed by atoms with Gasteiger partial charge in [0.05, 0.1) is 13.2 Å². The van der Waals surface area contributed by atoms with Crippen LogP contribution in [0.1, 0.15) is 29.9 Å². The van der Waals surface area contributed by atoms with Crippen LogP contribution in [0.2, 0.25) is 0 Å². The number of nitrogens with zero attached hydrogens (tertiary/aromatic N) is 1. The van der Waals surface area contributed by atoms with Crippen LogP contribution < -0.4 is 0 Å². The fourth-order valence-electron chi connectivity index (χ4n) is 2.25. The molecule has 124 valence electrons. The van der Waals surface area contributed by atoms with Gasteiger partial charge in [-0.3, -0.25) is 0 Å². The van der Waals surface area contributed by atoms with Crippen LogP contribution in [0.3, 0.4) is 0 Å². The maximum Gasteiger partial charge on any atom is 0.360 e. The summed E-state index contributed by atoms with van der Waals surface area (Å²) in [5.74, 6) is -1.45. The molecule has 2 aromatic rings. The highest BCUT2D eigenvalue weighted by Crippen LogP contribution is 2.30. The predicted molar refractivity (Wildman–Crippen MR) is 82.5 cm³/mol. The summed E-state index contributed by atoms with van der Waals surface area (Å²) in [4.78, 5) is 27.2. The van der Waals surface area contributed by atoms with Crippen molar-refractivity contribution in [2.75, 3.05) is 7.11 Å². The molecule has 0 fully saturated rings. The SMILES string of the molecule is COC(=O)c1coc(-c2cccc(C3=CC(=O)OC(C)(C)O3)c2)n1. The minimum Gasteiger partial charge on any atom is -0.464 e. The van der Waals surface area contributed by atoms with Gasteiger partial charge in [0.2, 0.25) is 11.7 Å². The van der Waals surface area contributed by atoms with Crippen molar-refractivity contribution in [1.29, 1.82) is 0 Å². The molecule has 0 unspecified atom stereocenters. The van der Waals surface area contributed by atoms with Crippen LogP contribution >= 0.6 is 0 Å². The number of methoxy groups -OCH3 is 1. The Morgan fingerprint density at radius 3 is 2.67 bits per heavy atom. The van der Waals surface area contributed by atoms with Gasteiger partial charge in [0.15, 0.2) is 5.69 Å². The van der Waals surface area contributed by atoms with E-state index < -0.39 is 17.7 Å². The number of rotatable bonds is 3. The molecular weight excluding hydrogens is 314 g/mol. The molecule has 24 heavy (non-hydrogen) atoms. The van der Waals surface area contributed by atoms with E-state index in [1.807, 2.05) is 0 Å². The molecule has 1 aliphatic heterocycles. The summed E-state index contributed by atoms with van der Waals surface area (Å²) in [6.45, 7) is 3.30. The molecule has 1 aliphatic rings. The zero-order valence-corrected chi connectivity index (χ0v) is 13.4. The van der Waals surface area contributed by atoms with Crippen molar-refractivity contribution in [3.63, 3.8) is 0 Å². The molecule has 0 saturated heterocycles. The van der Waals surface area contributed by atoms with Crippen molar-refractivity contribution in [2.24, 2.45) is 0 Å². The van der Waals surface area contributed by atoms with Gasteiger partial charge in [-0.1, -0.05) is 12.1 Å². The summed E-state index contributed by atoms with van der Waals surface area (Å²) >= 11 is 0. The molecule has 3 rings (SSSR count). The molecule has 0 amide bonds. The van der Waals surface area contributed by atoms with Gasteiger partial charge >= 0.3 is 11.9 Å². The molecule has 0 radical (unpaired) electrons. The molecule has 1 aromatic carbocycles. The third kappa shape index (κ3) is 3.15. The van der Waals surface area contributed by atoms with Gasteiger partial charge in [-0.2, -0.15) is 0 Å². The van der Waals surface area contributed by atoms with Gasteiger partial charge in [-0.05, 0) is 12.1 Å². The quantitative estimate of drug-likeness (QED) is 0.800. The van der Waals surface area contributed by atoms with Gasteiger partial charge in [0, 0.05) is 25.0 Å². The van der Waals surface area contributed by atoms with Crippen LogP contribution in [-0.4, -0.2) is 29.8 Å². The van der Waals surface area contributed by atoms with E-state index in [-0.39, 0.29) is 11.6 Å². The predicted octanol–water partition coefficient (Wildman–Crippen LogP) is 2.78. The lowest BCUT2D eigenvalue weighted by Gasteiger charge is -2.30. The van der Waals surface area contributed by atoms with Gasteiger partial charge < -0.3 is 18.6 Å². The first-order valence-electron chi connectivity index (χ1n) is 7.16. The molecule has 0 atom stereocenters. The monoisotopic (exact) mass is 329 g/mol. The largest absolute Gasteiger partial charge is 0.464 e. The van der Waals surface area contributed by atoms with Crippen LogP contribution in [0, 0.1) is 0 Å². The topological polar surface area (TPSA) is 87.9 Å². The van der Waals surface area contributed by atoms with E-state index in [1.54, 1.807) is 38.1 Å². The highest BCUT2D eigenvalue weighted by molar-refractivity contribution is 5.91. The number of cyclic esters (lactones) is 1. The van der Waals surface area contributed by atoms with Crippen molar-refractivity contribution < 1.29 is 28.2 Å². The molecule has 2 heterocycles. The number of hydrogen-bond acceptors (Lipinski definition) is 7. The third-order valence-electron chi connectivity index (χ3n) is 3.24. The van der Waals surface area contributed by atoms with Gasteiger partial charge in [-0.15, -0.1) is 0 Å². The first kappa shape index (κ1) is 15.8. The normalized spacial score (nSPS) is 16.0. The van der Waals surface area contributed by atoms with E-state index in [4.69, 9.17) is 13.9 Å². The zero-order chi connectivity index (χ0) is 17.3. The minimum absolute atomic E-state index is 0.0794. The summed E-state index contributed by atoms with van der Waals surface area (Å²) in [7, 11) is 1.27. The highest BCUT2D eigenvalue weighted by atomic mass is 16.7. The minimum atomic E-state index is -1.04. The second kappa shape index (κ2) is 5.84. The molecule has 0 bridgehead atoms. The average Bonchev–Trinajstić information content (AvgIpc) is 3.02. The number of aromatic nitrogens is 1. The average molecular weight is 329 g/mol. The number of carbonyl (C=O) groups is 2. The lowest BCUT2D eigenvalue weighted by Crippen LogP contribution is -2.33. The Labute approximate surface area is 137 Å². The van der Waals surface area contributed by atoms with E-state index in [0.717, 1.165) is 0 Å². The Bertz CT molecular complexity index is 833. The molecule has 7 heteroatoms. The smallest absolute Gasteiger partial charge is 0.360 e. The Kier molecular flexibility index (Phi) is 3.84. The van der Waals surface area contributed by atoms with Crippen LogP contribution in [-0.2, 0) is 19.0 Å². The van der Waals surface area contributed by atoms with Gasteiger partial charge in [0.1, 0.15) is 12.0 Å². The van der Waals surface area contributed by atoms with Crippen molar-refractivity contribution in [1.82, 2.24) is 4.98 Å². The summed E-state index contributed by atoms with van der Waals surface area (Å²) in [5, 5.41) is 0. The van der Waals surface area contributed by atoms with E-state index in [1.165, 1.54) is 19.4 Å². The molecule has 0 N–H and O–H groups in total. The number of hydrogen-bond donors (Lipinski definition) is 0. The summed E-state index contributed by atoms with van der Waals surface area (Å²) in [6.07, 6.45) is 2.50. The molecule has 0 aliphatic carbocycles. The van der Waals surface area contributed by atoms with Crippen LogP contribution in [0.4, 0.5) is 0 Å². The van der Waals surface area contributed by atoms with E-state index in [2.05, 4.69) is 9.72 Å². The van der Waals surface area contributed by atoms with Crippen molar-refractivity contribution >= 4 is 17.7 Å².